The van der Waals surface area contributed by atoms with E-state index in [1.165, 1.54) is 0 Å². The molecule has 0 aromatic heterocycles. The first-order valence-electron chi connectivity index (χ1n) is 10.5. The standard InChI is InChI=1S/C20H30F6O2/c21-16-10-13(12-4-2-1-3-5-12)11-17(22)18(16)20(25,26)28-15-8-6-14(7-9-15)27-19(23)24/h12-19H,1-11H2. The first-order chi connectivity index (χ1) is 13.3. The van der Waals surface area contributed by atoms with Crippen molar-refractivity contribution in [1.29, 1.82) is 0 Å². The fourth-order valence-electron chi connectivity index (χ4n) is 5.34. The van der Waals surface area contributed by atoms with Gasteiger partial charge >= 0.3 is 12.7 Å². The minimum atomic E-state index is -3.91. The van der Waals surface area contributed by atoms with Crippen LogP contribution in [0.3, 0.4) is 0 Å². The van der Waals surface area contributed by atoms with Gasteiger partial charge in [-0.25, -0.2) is 8.78 Å². The molecule has 0 N–H and O–H groups in total. The van der Waals surface area contributed by atoms with Crippen LogP contribution in [0.5, 0.6) is 0 Å². The lowest BCUT2D eigenvalue weighted by Gasteiger charge is -2.42. The Balaban J connectivity index is 1.53. The monoisotopic (exact) mass is 416 g/mol. The van der Waals surface area contributed by atoms with E-state index < -0.39 is 43.2 Å². The molecule has 2 unspecified atom stereocenters. The molecule has 0 heterocycles. The van der Waals surface area contributed by atoms with Crippen molar-refractivity contribution in [3.05, 3.63) is 0 Å². The van der Waals surface area contributed by atoms with Crippen molar-refractivity contribution in [2.24, 2.45) is 17.8 Å². The normalized spacial score (nSPS) is 38.7. The topological polar surface area (TPSA) is 18.5 Å². The summed E-state index contributed by atoms with van der Waals surface area (Å²) in [6, 6.07) is 0. The molecule has 3 rings (SSSR count). The zero-order chi connectivity index (χ0) is 20.3. The summed E-state index contributed by atoms with van der Waals surface area (Å²) in [6.07, 6.45) is -3.86. The maximum Gasteiger partial charge on any atom is 0.364 e. The van der Waals surface area contributed by atoms with Gasteiger partial charge in [-0.3, -0.25) is 0 Å². The average molecular weight is 416 g/mol. The summed E-state index contributed by atoms with van der Waals surface area (Å²) in [4.78, 5) is 0. The van der Waals surface area contributed by atoms with Crippen molar-refractivity contribution < 1.29 is 35.8 Å². The fraction of sp³-hybridized carbons (Fsp3) is 1.00. The van der Waals surface area contributed by atoms with Crippen LogP contribution in [-0.2, 0) is 9.47 Å². The van der Waals surface area contributed by atoms with Crippen molar-refractivity contribution in [3.63, 3.8) is 0 Å². The second-order valence-electron chi connectivity index (χ2n) is 8.66. The van der Waals surface area contributed by atoms with Crippen LogP contribution < -0.4 is 0 Å². The van der Waals surface area contributed by atoms with E-state index in [-0.39, 0.29) is 50.4 Å². The second-order valence-corrected chi connectivity index (χ2v) is 8.66. The lowest BCUT2D eigenvalue weighted by atomic mass is 9.69. The van der Waals surface area contributed by atoms with Gasteiger partial charge in [0.15, 0.2) is 0 Å². The molecule has 3 aliphatic carbocycles. The van der Waals surface area contributed by atoms with Gasteiger partial charge in [0.25, 0.3) is 0 Å². The Labute approximate surface area is 162 Å². The van der Waals surface area contributed by atoms with E-state index in [4.69, 9.17) is 4.74 Å². The van der Waals surface area contributed by atoms with Crippen molar-refractivity contribution in [2.75, 3.05) is 0 Å². The quantitative estimate of drug-likeness (QED) is 0.465. The van der Waals surface area contributed by atoms with Gasteiger partial charge in [-0.1, -0.05) is 32.1 Å². The minimum Gasteiger partial charge on any atom is -0.320 e. The van der Waals surface area contributed by atoms with Crippen LogP contribution in [-0.4, -0.2) is 37.3 Å². The predicted molar refractivity (Wildman–Crippen MR) is 91.7 cm³/mol. The SMILES string of the molecule is FC(F)OC1CCC(OC(F)(F)C2C(F)CC(C3CCCCC3)CC2F)CC1. The van der Waals surface area contributed by atoms with E-state index >= 15 is 0 Å². The molecular formula is C20H30F6O2. The van der Waals surface area contributed by atoms with E-state index in [1.54, 1.807) is 0 Å². The van der Waals surface area contributed by atoms with E-state index in [0.717, 1.165) is 32.1 Å². The predicted octanol–water partition coefficient (Wildman–Crippen LogP) is 6.43. The van der Waals surface area contributed by atoms with Crippen LogP contribution in [0.25, 0.3) is 0 Å². The largest absolute Gasteiger partial charge is 0.364 e. The molecule has 0 amide bonds. The molecule has 0 aromatic rings. The van der Waals surface area contributed by atoms with Gasteiger partial charge < -0.3 is 9.47 Å². The number of alkyl halides is 6. The Morgan fingerprint density at radius 1 is 0.714 bits per heavy atom. The van der Waals surface area contributed by atoms with Gasteiger partial charge in [-0.05, 0) is 50.4 Å². The van der Waals surface area contributed by atoms with Crippen molar-refractivity contribution in [3.8, 4) is 0 Å². The van der Waals surface area contributed by atoms with Gasteiger partial charge in [0.2, 0.25) is 0 Å². The van der Waals surface area contributed by atoms with E-state index in [2.05, 4.69) is 4.74 Å². The van der Waals surface area contributed by atoms with Crippen molar-refractivity contribution in [1.82, 2.24) is 0 Å². The zero-order valence-electron chi connectivity index (χ0n) is 16.0. The molecule has 164 valence electrons. The fourth-order valence-corrected chi connectivity index (χ4v) is 5.34. The van der Waals surface area contributed by atoms with Crippen molar-refractivity contribution in [2.45, 2.75) is 108 Å². The smallest absolute Gasteiger partial charge is 0.320 e. The van der Waals surface area contributed by atoms with Crippen LogP contribution in [0.15, 0.2) is 0 Å². The lowest BCUT2D eigenvalue weighted by molar-refractivity contribution is -0.321. The number of hydrogen-bond acceptors (Lipinski definition) is 2. The third kappa shape index (κ3) is 5.55. The highest BCUT2D eigenvalue weighted by atomic mass is 19.3. The first kappa shape index (κ1) is 22.2. The Morgan fingerprint density at radius 3 is 1.79 bits per heavy atom. The van der Waals surface area contributed by atoms with E-state index in [1.807, 2.05) is 0 Å². The number of halogens is 6. The molecule has 8 heteroatoms. The molecule has 3 saturated carbocycles. The van der Waals surface area contributed by atoms with Crippen molar-refractivity contribution >= 4 is 0 Å². The van der Waals surface area contributed by atoms with Gasteiger partial charge in [0.05, 0.1) is 12.2 Å². The highest BCUT2D eigenvalue weighted by Gasteiger charge is 2.55. The van der Waals surface area contributed by atoms with E-state index in [0.29, 0.717) is 0 Å². The molecular weight excluding hydrogens is 386 g/mol. The summed E-state index contributed by atoms with van der Waals surface area (Å²) < 4.78 is 92.2. The van der Waals surface area contributed by atoms with Gasteiger partial charge in [0.1, 0.15) is 18.3 Å². The van der Waals surface area contributed by atoms with Gasteiger partial charge in [-0.15, -0.1) is 0 Å². The molecule has 0 aromatic carbocycles. The Kier molecular flexibility index (Phi) is 7.56. The molecule has 28 heavy (non-hydrogen) atoms. The third-order valence-electron chi connectivity index (χ3n) is 6.78. The Bertz CT molecular complexity index is 465. The molecule has 0 bridgehead atoms. The zero-order valence-corrected chi connectivity index (χ0v) is 16.0. The summed E-state index contributed by atoms with van der Waals surface area (Å²) in [7, 11) is 0. The summed E-state index contributed by atoms with van der Waals surface area (Å²) in [5.74, 6) is -2.05. The lowest BCUT2D eigenvalue weighted by Crippen LogP contribution is -2.50. The highest BCUT2D eigenvalue weighted by molar-refractivity contribution is 4.94. The minimum absolute atomic E-state index is 0.0380. The van der Waals surface area contributed by atoms with Crippen LogP contribution in [0.2, 0.25) is 0 Å². The molecule has 3 fully saturated rings. The molecule has 0 radical (unpaired) electrons. The molecule has 2 nitrogen and oxygen atoms in total. The Morgan fingerprint density at radius 2 is 1.25 bits per heavy atom. The summed E-state index contributed by atoms with van der Waals surface area (Å²) in [5.41, 5.74) is 0. The summed E-state index contributed by atoms with van der Waals surface area (Å²) in [6.45, 7) is -2.90. The van der Waals surface area contributed by atoms with Crippen LogP contribution in [0.1, 0.15) is 70.6 Å². The summed E-state index contributed by atoms with van der Waals surface area (Å²) >= 11 is 0. The maximum atomic E-state index is 14.7. The first-order valence-corrected chi connectivity index (χ1v) is 10.5. The van der Waals surface area contributed by atoms with Crippen LogP contribution in [0, 0.1) is 17.8 Å². The van der Waals surface area contributed by atoms with Gasteiger partial charge in [-0.2, -0.15) is 17.6 Å². The molecule has 0 saturated heterocycles. The number of hydrogen-bond donors (Lipinski definition) is 0. The highest BCUT2D eigenvalue weighted by Crippen LogP contribution is 2.48. The van der Waals surface area contributed by atoms with Gasteiger partial charge in [0, 0.05) is 0 Å². The summed E-state index contributed by atoms with van der Waals surface area (Å²) in [5, 5.41) is 0. The maximum absolute atomic E-state index is 14.7. The van der Waals surface area contributed by atoms with Crippen LogP contribution >= 0.6 is 0 Å². The number of rotatable bonds is 6. The molecule has 3 aliphatic rings. The number of ether oxygens (including phenoxy) is 2. The molecule has 0 aliphatic heterocycles. The van der Waals surface area contributed by atoms with Crippen LogP contribution in [0.4, 0.5) is 26.3 Å². The van der Waals surface area contributed by atoms with E-state index in [9.17, 15) is 26.3 Å². The second kappa shape index (κ2) is 9.54. The molecule has 2 atom stereocenters. The Hall–Kier alpha value is -0.500. The average Bonchev–Trinajstić information content (AvgIpc) is 2.62. The third-order valence-corrected chi connectivity index (χ3v) is 6.78. The molecule has 0 spiro atoms.